The Labute approximate surface area is 182 Å². The van der Waals surface area contributed by atoms with Crippen molar-refractivity contribution < 1.29 is 32.8 Å². The van der Waals surface area contributed by atoms with Gasteiger partial charge in [0.15, 0.2) is 0 Å². The van der Waals surface area contributed by atoms with E-state index in [1.165, 1.54) is 22.5 Å². The quantitative estimate of drug-likeness (QED) is 0.259. The Morgan fingerprint density at radius 2 is 1.77 bits per heavy atom. The number of hydrogen-bond donors (Lipinski definition) is 4. The minimum atomic E-state index is -3.75. The summed E-state index contributed by atoms with van der Waals surface area (Å²) in [5.74, 6) is -1.68. The van der Waals surface area contributed by atoms with Crippen LogP contribution in [0.5, 0.6) is 0 Å². The molecular formula is C19H31BFN3O6S. The summed E-state index contributed by atoms with van der Waals surface area (Å²) in [5, 5.41) is 27.2. The second-order valence-corrected chi connectivity index (χ2v) is 9.93. The summed E-state index contributed by atoms with van der Waals surface area (Å²) in [7, 11) is -5.15. The van der Waals surface area contributed by atoms with Crippen molar-refractivity contribution in [1.29, 1.82) is 0 Å². The number of nitrogens with two attached hydrogens (primary N) is 1. The molecule has 0 aliphatic carbocycles. The average molecular weight is 459 g/mol. The molecule has 0 bridgehead atoms. The number of carbonyl (C=O) groups is 1. The molecule has 1 aliphatic rings. The Balaban J connectivity index is 1.80. The van der Waals surface area contributed by atoms with E-state index in [4.69, 9.17) is 15.8 Å². The van der Waals surface area contributed by atoms with Gasteiger partial charge in [0.1, 0.15) is 11.4 Å². The number of benzene rings is 1. The number of carboxylic acids is 1. The van der Waals surface area contributed by atoms with E-state index in [2.05, 4.69) is 4.90 Å². The minimum Gasteiger partial charge on any atom is -0.480 e. The molecule has 0 amide bonds. The molecule has 1 fully saturated rings. The molecule has 174 valence electrons. The van der Waals surface area contributed by atoms with E-state index in [-0.39, 0.29) is 37.1 Å². The van der Waals surface area contributed by atoms with Gasteiger partial charge in [0.05, 0.1) is 4.90 Å². The number of unbranched alkanes of at least 4 members (excludes halogenated alkanes) is 1. The first-order valence-electron chi connectivity index (χ1n) is 10.4. The van der Waals surface area contributed by atoms with E-state index in [9.17, 15) is 22.7 Å². The van der Waals surface area contributed by atoms with Crippen molar-refractivity contribution in [2.24, 2.45) is 5.73 Å². The highest BCUT2D eigenvalue weighted by atomic mass is 32.2. The standard InChI is InChI=1S/C19H31BFN3O6S/c21-16-5-3-6-17(15-16)31(29,30)24-13-11-23(12-14-24)10-4-8-19(22,18(25)26)7-1-2-9-20(27)28/h3,5-6,15,27-28H,1-2,4,7-14,22H2,(H,25,26). The Bertz CT molecular complexity index is 836. The maximum Gasteiger partial charge on any atom is 0.451 e. The van der Waals surface area contributed by atoms with Crippen LogP contribution in [0.25, 0.3) is 0 Å². The monoisotopic (exact) mass is 459 g/mol. The van der Waals surface area contributed by atoms with Crippen LogP contribution in [0.1, 0.15) is 32.1 Å². The molecule has 1 saturated heterocycles. The molecule has 0 saturated carbocycles. The maximum atomic E-state index is 13.4. The van der Waals surface area contributed by atoms with Gasteiger partial charge in [-0.15, -0.1) is 0 Å². The van der Waals surface area contributed by atoms with Crippen LogP contribution in [0.3, 0.4) is 0 Å². The van der Waals surface area contributed by atoms with Crippen LogP contribution in [0.2, 0.25) is 6.32 Å². The topological polar surface area (TPSA) is 144 Å². The summed E-state index contributed by atoms with van der Waals surface area (Å²) in [5.41, 5.74) is 4.70. The molecule has 2 rings (SSSR count). The summed E-state index contributed by atoms with van der Waals surface area (Å²) in [4.78, 5) is 13.6. The van der Waals surface area contributed by atoms with E-state index in [1.54, 1.807) is 0 Å². The lowest BCUT2D eigenvalue weighted by Crippen LogP contribution is -2.50. The predicted octanol–water partition coefficient (Wildman–Crippen LogP) is 0.337. The van der Waals surface area contributed by atoms with Crippen LogP contribution in [0.15, 0.2) is 29.2 Å². The number of carboxylic acid groups (broad SMARTS) is 1. The van der Waals surface area contributed by atoms with Gasteiger partial charge in [-0.3, -0.25) is 4.79 Å². The highest BCUT2D eigenvalue weighted by Crippen LogP contribution is 2.21. The zero-order valence-corrected chi connectivity index (χ0v) is 18.3. The smallest absolute Gasteiger partial charge is 0.451 e. The Hall–Kier alpha value is -1.57. The summed E-state index contributed by atoms with van der Waals surface area (Å²) in [6.45, 7) is 2.13. The normalized spacial score (nSPS) is 17.9. The Kier molecular flexibility index (Phi) is 9.40. The SMILES string of the molecule is NC(CCCCB(O)O)(CCCN1CCN(S(=O)(=O)c2cccc(F)c2)CC1)C(=O)O. The predicted molar refractivity (Wildman–Crippen MR) is 114 cm³/mol. The number of rotatable bonds is 12. The van der Waals surface area contributed by atoms with E-state index >= 15 is 0 Å². The van der Waals surface area contributed by atoms with Gasteiger partial charge in [-0.25, -0.2) is 12.8 Å². The van der Waals surface area contributed by atoms with Crippen LogP contribution < -0.4 is 5.73 Å². The van der Waals surface area contributed by atoms with E-state index < -0.39 is 34.5 Å². The molecule has 1 aromatic carbocycles. The molecule has 1 atom stereocenters. The second-order valence-electron chi connectivity index (χ2n) is 7.99. The van der Waals surface area contributed by atoms with Crippen molar-refractivity contribution in [2.45, 2.75) is 48.9 Å². The number of nitrogens with zero attached hydrogens (tertiary/aromatic N) is 2. The highest BCUT2D eigenvalue weighted by Gasteiger charge is 2.34. The van der Waals surface area contributed by atoms with Gasteiger partial charge >= 0.3 is 13.1 Å². The molecule has 9 nitrogen and oxygen atoms in total. The lowest BCUT2D eigenvalue weighted by atomic mass is 9.81. The fourth-order valence-electron chi connectivity index (χ4n) is 3.69. The summed E-state index contributed by atoms with van der Waals surface area (Å²) >= 11 is 0. The fourth-order valence-corrected chi connectivity index (χ4v) is 5.15. The van der Waals surface area contributed by atoms with Crippen molar-refractivity contribution in [2.75, 3.05) is 32.7 Å². The van der Waals surface area contributed by atoms with Gasteiger partial charge in [0.2, 0.25) is 10.0 Å². The molecule has 1 unspecified atom stereocenters. The third kappa shape index (κ3) is 7.51. The van der Waals surface area contributed by atoms with Crippen LogP contribution in [-0.2, 0) is 14.8 Å². The molecule has 5 N–H and O–H groups in total. The van der Waals surface area contributed by atoms with Crippen molar-refractivity contribution in [3.63, 3.8) is 0 Å². The van der Waals surface area contributed by atoms with Gasteiger partial charge in [-0.2, -0.15) is 4.31 Å². The summed E-state index contributed by atoms with van der Waals surface area (Å²) < 4.78 is 40.0. The first kappa shape index (κ1) is 25.7. The molecule has 31 heavy (non-hydrogen) atoms. The molecule has 12 heteroatoms. The third-order valence-corrected chi connectivity index (χ3v) is 7.52. The molecule has 1 aromatic rings. The van der Waals surface area contributed by atoms with Crippen molar-refractivity contribution >= 4 is 23.1 Å². The molecule has 0 radical (unpaired) electrons. The number of halogens is 1. The molecule has 1 heterocycles. The molecular weight excluding hydrogens is 428 g/mol. The Morgan fingerprint density at radius 3 is 2.35 bits per heavy atom. The number of hydrogen-bond acceptors (Lipinski definition) is 7. The van der Waals surface area contributed by atoms with Crippen LogP contribution >= 0.6 is 0 Å². The number of piperazine rings is 1. The van der Waals surface area contributed by atoms with Crippen LogP contribution in [0, 0.1) is 5.82 Å². The lowest BCUT2D eigenvalue weighted by Gasteiger charge is -2.34. The first-order chi connectivity index (χ1) is 14.5. The minimum absolute atomic E-state index is 0.0657. The van der Waals surface area contributed by atoms with Crippen LogP contribution in [0.4, 0.5) is 4.39 Å². The van der Waals surface area contributed by atoms with Gasteiger partial charge in [-0.1, -0.05) is 18.9 Å². The molecule has 0 spiro atoms. The second kappa shape index (κ2) is 11.3. The lowest BCUT2D eigenvalue weighted by molar-refractivity contribution is -0.144. The largest absolute Gasteiger partial charge is 0.480 e. The molecule has 1 aliphatic heterocycles. The first-order valence-corrected chi connectivity index (χ1v) is 11.8. The van der Waals surface area contributed by atoms with Gasteiger partial charge < -0.3 is 25.8 Å². The van der Waals surface area contributed by atoms with Crippen LogP contribution in [-0.4, -0.2) is 84.1 Å². The Morgan fingerprint density at radius 1 is 1.13 bits per heavy atom. The van der Waals surface area contributed by atoms with E-state index in [0.717, 1.165) is 6.07 Å². The summed E-state index contributed by atoms with van der Waals surface area (Å²) in [6.07, 6.45) is 2.20. The third-order valence-electron chi connectivity index (χ3n) is 5.62. The van der Waals surface area contributed by atoms with Gasteiger partial charge in [0, 0.05) is 26.2 Å². The van der Waals surface area contributed by atoms with Crippen molar-refractivity contribution in [1.82, 2.24) is 9.21 Å². The van der Waals surface area contributed by atoms with E-state index in [0.29, 0.717) is 38.9 Å². The summed E-state index contributed by atoms with van der Waals surface area (Å²) in [6, 6.07) is 4.95. The van der Waals surface area contributed by atoms with Gasteiger partial charge in [-0.05, 0) is 50.3 Å². The number of aliphatic carboxylic acids is 1. The highest BCUT2D eigenvalue weighted by molar-refractivity contribution is 7.89. The van der Waals surface area contributed by atoms with E-state index in [1.807, 2.05) is 0 Å². The number of sulfonamides is 1. The zero-order valence-electron chi connectivity index (χ0n) is 17.5. The van der Waals surface area contributed by atoms with Gasteiger partial charge in [0.25, 0.3) is 0 Å². The van der Waals surface area contributed by atoms with Crippen molar-refractivity contribution in [3.8, 4) is 0 Å². The van der Waals surface area contributed by atoms with Crippen molar-refractivity contribution in [3.05, 3.63) is 30.1 Å². The fraction of sp³-hybridized carbons (Fsp3) is 0.632. The molecule has 0 aromatic heterocycles. The average Bonchev–Trinajstić information content (AvgIpc) is 2.71. The maximum absolute atomic E-state index is 13.4. The zero-order chi connectivity index (χ0) is 23.1.